The van der Waals surface area contributed by atoms with Crippen molar-refractivity contribution in [3.63, 3.8) is 0 Å². The molecule has 0 aromatic heterocycles. The van der Waals surface area contributed by atoms with Crippen LogP contribution in [0.4, 0.5) is 0 Å². The topological polar surface area (TPSA) is 17.1 Å². The summed E-state index contributed by atoms with van der Waals surface area (Å²) in [5, 5.41) is 0. The largest absolute Gasteiger partial charge is 0.295 e. The van der Waals surface area contributed by atoms with Gasteiger partial charge in [-0.2, -0.15) is 0 Å². The third kappa shape index (κ3) is 1.92. The lowest BCUT2D eigenvalue weighted by Gasteiger charge is -2.52. The highest BCUT2D eigenvalue weighted by atomic mass is 16.1. The highest BCUT2D eigenvalue weighted by Crippen LogP contribution is 2.57. The van der Waals surface area contributed by atoms with E-state index in [1.54, 1.807) is 0 Å². The molecule has 1 heteroatoms. The van der Waals surface area contributed by atoms with E-state index in [-0.39, 0.29) is 0 Å². The summed E-state index contributed by atoms with van der Waals surface area (Å²) in [5.41, 5.74) is 3.19. The number of hydrogen-bond donors (Lipinski definition) is 0. The monoisotopic (exact) mass is 240 g/mol. The van der Waals surface area contributed by atoms with Crippen molar-refractivity contribution < 1.29 is 4.79 Å². The number of rotatable bonds is 3. The Morgan fingerprint density at radius 2 is 2.06 bits per heavy atom. The Balaban J connectivity index is 1.63. The van der Waals surface area contributed by atoms with E-state index in [9.17, 15) is 4.79 Å². The second kappa shape index (κ2) is 4.38. The number of hydrogen-bond acceptors (Lipinski definition) is 1. The zero-order valence-electron chi connectivity index (χ0n) is 11.0. The summed E-state index contributed by atoms with van der Waals surface area (Å²) in [7, 11) is 0. The van der Waals surface area contributed by atoms with E-state index < -0.39 is 0 Å². The first-order valence-electron chi connectivity index (χ1n) is 6.96. The van der Waals surface area contributed by atoms with Crippen LogP contribution in [0.15, 0.2) is 42.0 Å². The molecular formula is C17H20O. The SMILES string of the molecule is C[C@]12CCC(=O)C=C1C[C@@H]2CCc1ccccc1. The zero-order valence-corrected chi connectivity index (χ0v) is 11.0. The van der Waals surface area contributed by atoms with Gasteiger partial charge in [0.1, 0.15) is 0 Å². The van der Waals surface area contributed by atoms with Crippen LogP contribution in [-0.2, 0) is 11.2 Å². The van der Waals surface area contributed by atoms with Gasteiger partial charge in [-0.15, -0.1) is 0 Å². The van der Waals surface area contributed by atoms with Gasteiger partial charge in [0.15, 0.2) is 5.78 Å². The standard InChI is InChI=1S/C17H20O/c1-17-10-9-16(18)12-15(17)11-14(17)8-7-13-5-3-2-4-6-13/h2-6,12,14H,7-11H2,1H3/t14-,17+/m0/s1. The van der Waals surface area contributed by atoms with Gasteiger partial charge in [-0.1, -0.05) is 42.8 Å². The Morgan fingerprint density at radius 3 is 2.78 bits per heavy atom. The Morgan fingerprint density at radius 1 is 1.28 bits per heavy atom. The first-order chi connectivity index (χ1) is 8.68. The average molecular weight is 240 g/mol. The summed E-state index contributed by atoms with van der Waals surface area (Å²) >= 11 is 0. The molecule has 0 radical (unpaired) electrons. The molecule has 0 spiro atoms. The third-order valence-corrected chi connectivity index (χ3v) is 4.95. The molecule has 2 atom stereocenters. The molecule has 1 aromatic carbocycles. The number of ketones is 1. The van der Waals surface area contributed by atoms with Crippen LogP contribution in [0.2, 0.25) is 0 Å². The van der Waals surface area contributed by atoms with E-state index in [1.165, 1.54) is 24.0 Å². The van der Waals surface area contributed by atoms with Crippen LogP contribution in [0, 0.1) is 11.3 Å². The Bertz CT molecular complexity index is 486. The van der Waals surface area contributed by atoms with E-state index in [2.05, 4.69) is 37.3 Å². The van der Waals surface area contributed by atoms with Crippen LogP contribution in [0.5, 0.6) is 0 Å². The molecule has 0 saturated heterocycles. The van der Waals surface area contributed by atoms with Crippen molar-refractivity contribution in [2.24, 2.45) is 11.3 Å². The zero-order chi connectivity index (χ0) is 12.6. The van der Waals surface area contributed by atoms with Gasteiger partial charge in [0.2, 0.25) is 0 Å². The molecule has 0 amide bonds. The van der Waals surface area contributed by atoms with Gasteiger partial charge in [-0.25, -0.2) is 0 Å². The van der Waals surface area contributed by atoms with Crippen LogP contribution in [0.25, 0.3) is 0 Å². The lowest BCUT2D eigenvalue weighted by molar-refractivity contribution is -0.116. The number of benzene rings is 1. The summed E-state index contributed by atoms with van der Waals surface area (Å²) in [5.74, 6) is 1.11. The van der Waals surface area contributed by atoms with E-state index in [0.717, 1.165) is 25.2 Å². The van der Waals surface area contributed by atoms with Gasteiger partial charge in [-0.3, -0.25) is 4.79 Å². The van der Waals surface area contributed by atoms with Crippen molar-refractivity contribution in [1.29, 1.82) is 0 Å². The number of aryl methyl sites for hydroxylation is 1. The molecule has 0 bridgehead atoms. The molecular weight excluding hydrogens is 220 g/mol. The van der Waals surface area contributed by atoms with Gasteiger partial charge in [0, 0.05) is 6.42 Å². The maximum Gasteiger partial charge on any atom is 0.155 e. The Kier molecular flexibility index (Phi) is 2.85. The van der Waals surface area contributed by atoms with Gasteiger partial charge in [0.25, 0.3) is 0 Å². The second-order valence-electron chi connectivity index (χ2n) is 5.98. The molecule has 1 nitrogen and oxygen atoms in total. The minimum atomic E-state index is 0.336. The first kappa shape index (κ1) is 11.7. The smallest absolute Gasteiger partial charge is 0.155 e. The summed E-state index contributed by atoms with van der Waals surface area (Å²) in [4.78, 5) is 11.4. The molecule has 3 rings (SSSR count). The van der Waals surface area contributed by atoms with E-state index in [0.29, 0.717) is 11.2 Å². The van der Waals surface area contributed by atoms with Crippen LogP contribution in [0.1, 0.15) is 38.2 Å². The molecule has 0 unspecified atom stereocenters. The van der Waals surface area contributed by atoms with Crippen LogP contribution in [0.3, 0.4) is 0 Å². The molecule has 0 aliphatic heterocycles. The highest BCUT2D eigenvalue weighted by Gasteiger charge is 2.48. The molecule has 1 saturated carbocycles. The predicted octanol–water partition coefficient (Wildman–Crippen LogP) is 3.93. The van der Waals surface area contributed by atoms with Crippen LogP contribution < -0.4 is 0 Å². The predicted molar refractivity (Wildman–Crippen MR) is 73.3 cm³/mol. The number of allylic oxidation sites excluding steroid dienone is 2. The second-order valence-corrected chi connectivity index (χ2v) is 5.98. The van der Waals surface area contributed by atoms with E-state index in [1.807, 2.05) is 6.08 Å². The highest BCUT2D eigenvalue weighted by molar-refractivity contribution is 5.92. The third-order valence-electron chi connectivity index (χ3n) is 4.95. The van der Waals surface area contributed by atoms with Crippen molar-refractivity contribution in [3.05, 3.63) is 47.5 Å². The Labute approximate surface area is 109 Å². The maximum absolute atomic E-state index is 11.4. The Hall–Kier alpha value is -1.37. The van der Waals surface area contributed by atoms with Gasteiger partial charge in [-0.05, 0) is 48.7 Å². The fourth-order valence-electron chi connectivity index (χ4n) is 3.50. The maximum atomic E-state index is 11.4. The van der Waals surface area contributed by atoms with Crippen LogP contribution >= 0.6 is 0 Å². The van der Waals surface area contributed by atoms with E-state index in [4.69, 9.17) is 0 Å². The van der Waals surface area contributed by atoms with Crippen molar-refractivity contribution in [1.82, 2.24) is 0 Å². The molecule has 0 N–H and O–H groups in total. The first-order valence-corrected chi connectivity index (χ1v) is 6.96. The molecule has 2 aliphatic carbocycles. The fraction of sp³-hybridized carbons (Fsp3) is 0.471. The molecule has 0 heterocycles. The van der Waals surface area contributed by atoms with Crippen molar-refractivity contribution in [2.45, 2.75) is 39.0 Å². The number of carbonyl (C=O) groups is 1. The van der Waals surface area contributed by atoms with Crippen molar-refractivity contribution in [2.75, 3.05) is 0 Å². The van der Waals surface area contributed by atoms with E-state index >= 15 is 0 Å². The quantitative estimate of drug-likeness (QED) is 0.782. The molecule has 1 fully saturated rings. The molecule has 1 aromatic rings. The number of carbonyl (C=O) groups excluding carboxylic acids is 1. The minimum absolute atomic E-state index is 0.336. The summed E-state index contributed by atoms with van der Waals surface area (Å²) < 4.78 is 0. The van der Waals surface area contributed by atoms with Crippen LogP contribution in [-0.4, -0.2) is 5.78 Å². The minimum Gasteiger partial charge on any atom is -0.295 e. The summed E-state index contributed by atoms with van der Waals surface area (Å²) in [6.07, 6.45) is 7.31. The van der Waals surface area contributed by atoms with Gasteiger partial charge < -0.3 is 0 Å². The molecule has 94 valence electrons. The van der Waals surface area contributed by atoms with Crippen molar-refractivity contribution >= 4 is 5.78 Å². The lowest BCUT2D eigenvalue weighted by Crippen LogP contribution is -2.43. The fourth-order valence-corrected chi connectivity index (χ4v) is 3.50. The molecule has 18 heavy (non-hydrogen) atoms. The number of fused-ring (bicyclic) bond motifs is 1. The average Bonchev–Trinajstić information content (AvgIpc) is 2.39. The summed E-state index contributed by atoms with van der Waals surface area (Å²) in [6.45, 7) is 2.35. The molecule has 2 aliphatic rings. The van der Waals surface area contributed by atoms with Crippen molar-refractivity contribution in [3.8, 4) is 0 Å². The summed E-state index contributed by atoms with van der Waals surface area (Å²) in [6, 6.07) is 10.7. The van der Waals surface area contributed by atoms with Gasteiger partial charge in [0.05, 0.1) is 0 Å². The lowest BCUT2D eigenvalue weighted by atomic mass is 9.52. The van der Waals surface area contributed by atoms with Gasteiger partial charge >= 0.3 is 0 Å². The normalized spacial score (nSPS) is 30.4.